The number of carbonyl (C=O) groups is 2. The van der Waals surface area contributed by atoms with Crippen molar-refractivity contribution in [3.8, 4) is 0 Å². The van der Waals surface area contributed by atoms with Crippen LogP contribution in [-0.4, -0.2) is 16.9 Å². The standard InChI is InChI=1S/C27H29NO2S/c1-18-9-15-24(16-10-18)31-19(2)26(30)28-23-8-6-7-21(17-23)25(29)20-11-13-22(14-12-20)27(3,4)5/h6-17,19H,1-5H3,(H,28,30)/t19-/m1/s1. The maximum absolute atomic E-state index is 12.9. The van der Waals surface area contributed by atoms with E-state index in [4.69, 9.17) is 0 Å². The molecule has 3 rings (SSSR count). The van der Waals surface area contributed by atoms with Crippen molar-refractivity contribution in [1.82, 2.24) is 0 Å². The van der Waals surface area contributed by atoms with Crippen molar-refractivity contribution in [3.05, 3.63) is 95.1 Å². The van der Waals surface area contributed by atoms with Gasteiger partial charge in [0.25, 0.3) is 0 Å². The zero-order chi connectivity index (χ0) is 22.6. The van der Waals surface area contributed by atoms with Gasteiger partial charge in [0, 0.05) is 21.7 Å². The van der Waals surface area contributed by atoms with Gasteiger partial charge in [-0.25, -0.2) is 0 Å². The highest BCUT2D eigenvalue weighted by Gasteiger charge is 2.17. The molecule has 1 atom stereocenters. The summed E-state index contributed by atoms with van der Waals surface area (Å²) in [6.07, 6.45) is 0. The van der Waals surface area contributed by atoms with Crippen LogP contribution < -0.4 is 5.32 Å². The zero-order valence-corrected chi connectivity index (χ0v) is 19.5. The number of anilines is 1. The molecule has 0 bridgehead atoms. The molecule has 0 saturated heterocycles. The molecule has 160 valence electrons. The first-order valence-electron chi connectivity index (χ1n) is 10.4. The smallest absolute Gasteiger partial charge is 0.237 e. The monoisotopic (exact) mass is 431 g/mol. The number of thioether (sulfide) groups is 1. The highest BCUT2D eigenvalue weighted by Crippen LogP contribution is 2.26. The Morgan fingerprint density at radius 1 is 0.871 bits per heavy atom. The van der Waals surface area contributed by atoms with Crippen LogP contribution in [0.1, 0.15) is 54.7 Å². The predicted octanol–water partition coefficient (Wildman–Crippen LogP) is 6.64. The Morgan fingerprint density at radius 2 is 1.52 bits per heavy atom. The molecule has 1 N–H and O–H groups in total. The third kappa shape index (κ3) is 6.08. The molecule has 0 fully saturated rings. The van der Waals surface area contributed by atoms with Crippen molar-refractivity contribution in [3.63, 3.8) is 0 Å². The van der Waals surface area contributed by atoms with Gasteiger partial charge in [-0.3, -0.25) is 9.59 Å². The molecule has 0 spiro atoms. The SMILES string of the molecule is Cc1ccc(S[C@H](C)C(=O)Nc2cccc(C(=O)c3ccc(C(C)(C)C)cc3)c2)cc1. The number of hydrogen-bond donors (Lipinski definition) is 1. The molecular formula is C27H29NO2S. The third-order valence-corrected chi connectivity index (χ3v) is 6.22. The summed E-state index contributed by atoms with van der Waals surface area (Å²) < 4.78 is 0. The van der Waals surface area contributed by atoms with Crippen LogP contribution in [0.25, 0.3) is 0 Å². The number of ketones is 1. The minimum Gasteiger partial charge on any atom is -0.325 e. The summed E-state index contributed by atoms with van der Waals surface area (Å²) in [5.74, 6) is -0.150. The second kappa shape index (κ2) is 9.52. The van der Waals surface area contributed by atoms with Gasteiger partial charge in [0.05, 0.1) is 5.25 Å². The molecular weight excluding hydrogens is 402 g/mol. The highest BCUT2D eigenvalue weighted by molar-refractivity contribution is 8.00. The maximum atomic E-state index is 12.9. The van der Waals surface area contributed by atoms with E-state index in [2.05, 4.69) is 26.1 Å². The fraction of sp³-hybridized carbons (Fsp3) is 0.259. The van der Waals surface area contributed by atoms with Crippen molar-refractivity contribution in [1.29, 1.82) is 0 Å². The van der Waals surface area contributed by atoms with Crippen LogP contribution in [-0.2, 0) is 10.2 Å². The largest absolute Gasteiger partial charge is 0.325 e. The summed E-state index contributed by atoms with van der Waals surface area (Å²) >= 11 is 1.51. The van der Waals surface area contributed by atoms with Crippen molar-refractivity contribution in [2.45, 2.75) is 50.2 Å². The van der Waals surface area contributed by atoms with Gasteiger partial charge in [0.2, 0.25) is 5.91 Å². The molecule has 3 nitrogen and oxygen atoms in total. The van der Waals surface area contributed by atoms with Gasteiger partial charge < -0.3 is 5.32 Å². The van der Waals surface area contributed by atoms with Crippen molar-refractivity contribution in [2.75, 3.05) is 5.32 Å². The Hall–Kier alpha value is -2.85. The minimum absolute atomic E-state index is 0.0407. The van der Waals surface area contributed by atoms with Gasteiger partial charge in [-0.1, -0.05) is 74.9 Å². The summed E-state index contributed by atoms with van der Waals surface area (Å²) in [6.45, 7) is 10.4. The van der Waals surface area contributed by atoms with E-state index in [1.807, 2.05) is 62.4 Å². The Labute approximate surface area is 189 Å². The second-order valence-electron chi connectivity index (χ2n) is 8.80. The Morgan fingerprint density at radius 3 is 2.13 bits per heavy atom. The molecule has 0 aromatic heterocycles. The van der Waals surface area contributed by atoms with E-state index in [9.17, 15) is 9.59 Å². The number of aryl methyl sites for hydroxylation is 1. The van der Waals surface area contributed by atoms with E-state index < -0.39 is 0 Å². The van der Waals surface area contributed by atoms with Gasteiger partial charge in [0.1, 0.15) is 0 Å². The lowest BCUT2D eigenvalue weighted by molar-refractivity contribution is -0.115. The lowest BCUT2D eigenvalue weighted by atomic mass is 9.86. The van der Waals surface area contributed by atoms with Crippen LogP contribution in [0, 0.1) is 6.92 Å². The average Bonchev–Trinajstić information content (AvgIpc) is 2.74. The third-order valence-electron chi connectivity index (χ3n) is 5.11. The summed E-state index contributed by atoms with van der Waals surface area (Å²) in [6, 6.07) is 23.0. The number of hydrogen-bond acceptors (Lipinski definition) is 3. The molecule has 1 amide bonds. The number of carbonyl (C=O) groups excluding carboxylic acids is 2. The van der Waals surface area contributed by atoms with E-state index in [-0.39, 0.29) is 22.4 Å². The topological polar surface area (TPSA) is 46.2 Å². The van der Waals surface area contributed by atoms with Crippen LogP contribution in [0.15, 0.2) is 77.7 Å². The van der Waals surface area contributed by atoms with Crippen LogP contribution in [0.4, 0.5) is 5.69 Å². The summed E-state index contributed by atoms with van der Waals surface area (Å²) in [5.41, 5.74) is 4.23. The van der Waals surface area contributed by atoms with Crippen LogP contribution in [0.5, 0.6) is 0 Å². The summed E-state index contributed by atoms with van der Waals surface area (Å²) in [4.78, 5) is 26.6. The molecule has 0 aliphatic rings. The van der Waals surface area contributed by atoms with Crippen molar-refractivity contribution < 1.29 is 9.59 Å². The van der Waals surface area contributed by atoms with E-state index in [0.29, 0.717) is 16.8 Å². The summed E-state index contributed by atoms with van der Waals surface area (Å²) in [5, 5.41) is 2.68. The van der Waals surface area contributed by atoms with E-state index in [0.717, 1.165) is 4.90 Å². The molecule has 3 aromatic rings. The van der Waals surface area contributed by atoms with Crippen LogP contribution >= 0.6 is 11.8 Å². The molecule has 0 radical (unpaired) electrons. The summed E-state index contributed by atoms with van der Waals surface area (Å²) in [7, 11) is 0. The van der Waals surface area contributed by atoms with Gasteiger partial charge in [0.15, 0.2) is 5.78 Å². The first-order valence-corrected chi connectivity index (χ1v) is 11.3. The predicted molar refractivity (Wildman–Crippen MR) is 130 cm³/mol. The van der Waals surface area contributed by atoms with Gasteiger partial charge in [-0.15, -0.1) is 11.8 Å². The lowest BCUT2D eigenvalue weighted by Crippen LogP contribution is -2.22. The van der Waals surface area contributed by atoms with Gasteiger partial charge >= 0.3 is 0 Å². The minimum atomic E-state index is -0.257. The Bertz CT molecular complexity index is 1060. The highest BCUT2D eigenvalue weighted by atomic mass is 32.2. The second-order valence-corrected chi connectivity index (χ2v) is 10.2. The van der Waals surface area contributed by atoms with E-state index in [1.165, 1.54) is 22.9 Å². The first-order chi connectivity index (χ1) is 14.6. The van der Waals surface area contributed by atoms with E-state index >= 15 is 0 Å². The van der Waals surface area contributed by atoms with Gasteiger partial charge in [-0.05, 0) is 49.1 Å². The van der Waals surface area contributed by atoms with Crippen molar-refractivity contribution >= 4 is 29.1 Å². The Kier molecular flexibility index (Phi) is 7.01. The Balaban J connectivity index is 1.68. The average molecular weight is 432 g/mol. The molecule has 4 heteroatoms. The van der Waals surface area contributed by atoms with Crippen molar-refractivity contribution in [2.24, 2.45) is 0 Å². The zero-order valence-electron chi connectivity index (χ0n) is 18.7. The maximum Gasteiger partial charge on any atom is 0.237 e. The number of amides is 1. The quantitative estimate of drug-likeness (QED) is 0.351. The molecule has 0 aliphatic heterocycles. The van der Waals surface area contributed by atoms with Crippen LogP contribution in [0.2, 0.25) is 0 Å². The number of benzene rings is 3. The fourth-order valence-electron chi connectivity index (χ4n) is 3.14. The molecule has 31 heavy (non-hydrogen) atoms. The molecule has 0 unspecified atom stereocenters. The number of rotatable bonds is 6. The molecule has 3 aromatic carbocycles. The normalized spacial score (nSPS) is 12.3. The van der Waals surface area contributed by atoms with E-state index in [1.54, 1.807) is 24.3 Å². The fourth-order valence-corrected chi connectivity index (χ4v) is 4.01. The number of nitrogens with one attached hydrogen (secondary N) is 1. The van der Waals surface area contributed by atoms with Crippen LogP contribution in [0.3, 0.4) is 0 Å². The van der Waals surface area contributed by atoms with Gasteiger partial charge in [-0.2, -0.15) is 0 Å². The molecule has 0 aliphatic carbocycles. The first kappa shape index (κ1) is 22.8. The molecule has 0 heterocycles. The lowest BCUT2D eigenvalue weighted by Gasteiger charge is -2.19. The molecule has 0 saturated carbocycles.